The number of ether oxygens (including phenoxy) is 2. The van der Waals surface area contributed by atoms with Crippen LogP contribution in [0.2, 0.25) is 0 Å². The summed E-state index contributed by atoms with van der Waals surface area (Å²) in [6, 6.07) is 7.58. The molecule has 0 aromatic heterocycles. The SMILES string of the molecule is COC(=O)[C@@H](N)CC(=O)Oc1ccccc1. The van der Waals surface area contributed by atoms with E-state index in [2.05, 4.69) is 4.74 Å². The highest BCUT2D eigenvalue weighted by Gasteiger charge is 2.19. The van der Waals surface area contributed by atoms with Crippen LogP contribution in [-0.4, -0.2) is 25.1 Å². The number of carbonyl (C=O) groups excluding carboxylic acids is 2. The Labute approximate surface area is 93.1 Å². The Morgan fingerprint density at radius 1 is 1.31 bits per heavy atom. The van der Waals surface area contributed by atoms with Crippen molar-refractivity contribution in [1.29, 1.82) is 0 Å². The third-order valence-corrected chi connectivity index (χ3v) is 1.87. The summed E-state index contributed by atoms with van der Waals surface area (Å²) in [7, 11) is 1.21. The molecule has 0 spiro atoms. The number of carbonyl (C=O) groups is 2. The lowest BCUT2D eigenvalue weighted by Crippen LogP contribution is -2.35. The first-order valence-electron chi connectivity index (χ1n) is 4.72. The van der Waals surface area contributed by atoms with Gasteiger partial charge in [-0.05, 0) is 12.1 Å². The maximum atomic E-state index is 11.3. The summed E-state index contributed by atoms with van der Waals surface area (Å²) in [6.07, 6.45) is -0.207. The number of esters is 2. The molecule has 86 valence electrons. The second-order valence-corrected chi connectivity index (χ2v) is 3.12. The van der Waals surface area contributed by atoms with E-state index in [9.17, 15) is 9.59 Å². The topological polar surface area (TPSA) is 78.6 Å². The molecule has 0 aliphatic carbocycles. The fourth-order valence-electron chi connectivity index (χ4n) is 1.08. The van der Waals surface area contributed by atoms with Crippen LogP contribution < -0.4 is 10.5 Å². The van der Waals surface area contributed by atoms with Gasteiger partial charge in [0.25, 0.3) is 0 Å². The predicted molar refractivity (Wildman–Crippen MR) is 56.7 cm³/mol. The fourth-order valence-corrected chi connectivity index (χ4v) is 1.08. The lowest BCUT2D eigenvalue weighted by molar-refractivity contribution is -0.146. The van der Waals surface area contributed by atoms with Crippen molar-refractivity contribution in [1.82, 2.24) is 0 Å². The van der Waals surface area contributed by atoms with Gasteiger partial charge in [-0.3, -0.25) is 9.59 Å². The Hall–Kier alpha value is -1.88. The van der Waals surface area contributed by atoms with Crippen LogP contribution in [0.25, 0.3) is 0 Å². The van der Waals surface area contributed by atoms with Gasteiger partial charge in [0.15, 0.2) is 0 Å². The maximum Gasteiger partial charge on any atom is 0.323 e. The first-order chi connectivity index (χ1) is 7.63. The van der Waals surface area contributed by atoms with Gasteiger partial charge >= 0.3 is 11.9 Å². The molecule has 0 fully saturated rings. The van der Waals surface area contributed by atoms with Crippen LogP contribution in [0.3, 0.4) is 0 Å². The van der Waals surface area contributed by atoms with E-state index in [1.54, 1.807) is 30.3 Å². The molecule has 5 heteroatoms. The monoisotopic (exact) mass is 223 g/mol. The van der Waals surface area contributed by atoms with Gasteiger partial charge in [0.2, 0.25) is 0 Å². The average molecular weight is 223 g/mol. The van der Waals surface area contributed by atoms with Gasteiger partial charge in [-0.25, -0.2) is 0 Å². The van der Waals surface area contributed by atoms with Crippen molar-refractivity contribution in [2.45, 2.75) is 12.5 Å². The third kappa shape index (κ3) is 3.70. The highest BCUT2D eigenvalue weighted by molar-refractivity contribution is 5.83. The molecular weight excluding hydrogens is 210 g/mol. The Kier molecular flexibility index (Phi) is 4.47. The first kappa shape index (κ1) is 12.2. The molecule has 0 aliphatic heterocycles. The summed E-state index contributed by atoms with van der Waals surface area (Å²) >= 11 is 0. The summed E-state index contributed by atoms with van der Waals surface area (Å²) in [5.74, 6) is -0.779. The molecular formula is C11H13NO4. The number of nitrogens with two attached hydrogens (primary N) is 1. The molecule has 1 aromatic rings. The molecule has 0 aliphatic rings. The number of benzene rings is 1. The summed E-state index contributed by atoms with van der Waals surface area (Å²) in [6.45, 7) is 0. The quantitative estimate of drug-likeness (QED) is 0.593. The van der Waals surface area contributed by atoms with E-state index in [0.29, 0.717) is 5.75 Å². The van der Waals surface area contributed by atoms with E-state index in [-0.39, 0.29) is 6.42 Å². The van der Waals surface area contributed by atoms with Crippen LogP contribution >= 0.6 is 0 Å². The van der Waals surface area contributed by atoms with Gasteiger partial charge in [0.1, 0.15) is 11.8 Å². The normalized spacial score (nSPS) is 11.6. The van der Waals surface area contributed by atoms with E-state index in [4.69, 9.17) is 10.5 Å². The highest BCUT2D eigenvalue weighted by atomic mass is 16.5. The molecule has 1 rings (SSSR count). The lowest BCUT2D eigenvalue weighted by atomic mass is 10.2. The van der Waals surface area contributed by atoms with Crippen LogP contribution in [-0.2, 0) is 14.3 Å². The van der Waals surface area contributed by atoms with Crippen molar-refractivity contribution in [2.24, 2.45) is 5.73 Å². The van der Waals surface area contributed by atoms with Gasteiger partial charge in [0.05, 0.1) is 13.5 Å². The van der Waals surface area contributed by atoms with Crippen LogP contribution in [0.5, 0.6) is 5.75 Å². The number of methoxy groups -OCH3 is 1. The Bertz CT molecular complexity index is 364. The Morgan fingerprint density at radius 3 is 2.50 bits per heavy atom. The zero-order valence-electron chi connectivity index (χ0n) is 8.88. The molecule has 0 saturated heterocycles. The maximum absolute atomic E-state index is 11.3. The summed E-state index contributed by atoms with van der Waals surface area (Å²) < 4.78 is 9.34. The fraction of sp³-hybridized carbons (Fsp3) is 0.273. The minimum atomic E-state index is -0.985. The van der Waals surface area contributed by atoms with E-state index >= 15 is 0 Å². The molecule has 0 heterocycles. The van der Waals surface area contributed by atoms with Crippen LogP contribution in [0.15, 0.2) is 30.3 Å². The largest absolute Gasteiger partial charge is 0.468 e. The molecule has 5 nitrogen and oxygen atoms in total. The first-order valence-corrected chi connectivity index (χ1v) is 4.72. The minimum absolute atomic E-state index is 0.207. The van der Waals surface area contributed by atoms with Crippen LogP contribution in [0.1, 0.15) is 6.42 Å². The Morgan fingerprint density at radius 2 is 1.94 bits per heavy atom. The standard InChI is InChI=1S/C11H13NO4/c1-15-11(14)9(12)7-10(13)16-8-5-3-2-4-6-8/h2-6,9H,7,12H2,1H3/t9-/m0/s1. The highest BCUT2D eigenvalue weighted by Crippen LogP contribution is 2.09. The van der Waals surface area contributed by atoms with Gasteiger partial charge in [-0.15, -0.1) is 0 Å². The summed E-state index contributed by atoms with van der Waals surface area (Å²) in [4.78, 5) is 22.3. The van der Waals surface area contributed by atoms with Gasteiger partial charge in [-0.2, -0.15) is 0 Å². The molecule has 2 N–H and O–H groups in total. The summed E-state index contributed by atoms with van der Waals surface area (Å²) in [5.41, 5.74) is 5.41. The molecule has 0 amide bonds. The van der Waals surface area contributed by atoms with E-state index in [0.717, 1.165) is 0 Å². The summed E-state index contributed by atoms with van der Waals surface area (Å²) in [5, 5.41) is 0. The number of hydrogen-bond acceptors (Lipinski definition) is 5. The average Bonchev–Trinajstić information content (AvgIpc) is 2.29. The van der Waals surface area contributed by atoms with Crippen molar-refractivity contribution < 1.29 is 19.1 Å². The number of para-hydroxylation sites is 1. The zero-order chi connectivity index (χ0) is 12.0. The smallest absolute Gasteiger partial charge is 0.323 e. The second kappa shape index (κ2) is 5.87. The molecule has 1 aromatic carbocycles. The Balaban J connectivity index is 2.45. The third-order valence-electron chi connectivity index (χ3n) is 1.87. The predicted octanol–water partition coefficient (Wildman–Crippen LogP) is 0.482. The molecule has 0 unspecified atom stereocenters. The zero-order valence-corrected chi connectivity index (χ0v) is 8.88. The van der Waals surface area contributed by atoms with Crippen molar-refractivity contribution in [2.75, 3.05) is 7.11 Å². The number of rotatable bonds is 4. The molecule has 0 bridgehead atoms. The van der Waals surface area contributed by atoms with Crippen molar-refractivity contribution in [3.05, 3.63) is 30.3 Å². The molecule has 0 saturated carbocycles. The molecule has 1 atom stereocenters. The number of hydrogen-bond donors (Lipinski definition) is 1. The van der Waals surface area contributed by atoms with Gasteiger partial charge in [0, 0.05) is 0 Å². The van der Waals surface area contributed by atoms with Crippen molar-refractivity contribution in [3.63, 3.8) is 0 Å². The molecule has 0 radical (unpaired) electrons. The minimum Gasteiger partial charge on any atom is -0.468 e. The van der Waals surface area contributed by atoms with Crippen LogP contribution in [0.4, 0.5) is 0 Å². The van der Waals surface area contributed by atoms with Gasteiger partial charge in [-0.1, -0.05) is 18.2 Å². The van der Waals surface area contributed by atoms with E-state index < -0.39 is 18.0 Å². The van der Waals surface area contributed by atoms with Gasteiger partial charge < -0.3 is 15.2 Å². The van der Waals surface area contributed by atoms with E-state index in [1.165, 1.54) is 7.11 Å². The molecule has 16 heavy (non-hydrogen) atoms. The van der Waals surface area contributed by atoms with Crippen molar-refractivity contribution in [3.8, 4) is 5.75 Å². The lowest BCUT2D eigenvalue weighted by Gasteiger charge is -2.08. The second-order valence-electron chi connectivity index (χ2n) is 3.12. The van der Waals surface area contributed by atoms with E-state index in [1.807, 2.05) is 0 Å². The van der Waals surface area contributed by atoms with Crippen LogP contribution in [0, 0.1) is 0 Å². The van der Waals surface area contributed by atoms with Crippen molar-refractivity contribution >= 4 is 11.9 Å².